The van der Waals surface area contributed by atoms with Gasteiger partial charge in [0.05, 0.1) is 31.0 Å². The van der Waals surface area contributed by atoms with Crippen molar-refractivity contribution < 1.29 is 22.8 Å². The summed E-state index contributed by atoms with van der Waals surface area (Å²) in [5, 5.41) is 2.63. The number of hydrogen-bond acceptors (Lipinski definition) is 6. The van der Waals surface area contributed by atoms with Crippen molar-refractivity contribution in [3.8, 4) is 5.88 Å². The zero-order valence-electron chi connectivity index (χ0n) is 13.4. The lowest BCUT2D eigenvalue weighted by Crippen LogP contribution is -2.26. The van der Waals surface area contributed by atoms with Gasteiger partial charge in [-0.2, -0.15) is 0 Å². The van der Waals surface area contributed by atoms with Crippen molar-refractivity contribution in [1.82, 2.24) is 9.45 Å². The summed E-state index contributed by atoms with van der Waals surface area (Å²) in [4.78, 5) is 20.9. The number of nitrogens with zero attached hydrogens (tertiary/aromatic N) is 2. The van der Waals surface area contributed by atoms with Gasteiger partial charge in [-0.25, -0.2) is 13.4 Å². The minimum Gasteiger partial charge on any atom is -0.481 e. The predicted octanol–water partition coefficient (Wildman–Crippen LogP) is 1.52. The molecule has 8 nitrogen and oxygen atoms in total. The number of pyridine rings is 1. The van der Waals surface area contributed by atoms with Crippen molar-refractivity contribution in [3.63, 3.8) is 0 Å². The molecule has 0 bridgehead atoms. The van der Waals surface area contributed by atoms with E-state index < -0.39 is 15.9 Å². The van der Waals surface area contributed by atoms with Gasteiger partial charge in [0.15, 0.2) is 0 Å². The minimum absolute atomic E-state index is 0.0487. The van der Waals surface area contributed by atoms with Crippen LogP contribution < -0.4 is 10.1 Å². The van der Waals surface area contributed by atoms with Crippen molar-refractivity contribution in [2.45, 2.75) is 4.90 Å². The second-order valence-corrected chi connectivity index (χ2v) is 6.60. The number of amides is 1. The molecule has 0 saturated heterocycles. The van der Waals surface area contributed by atoms with Crippen molar-refractivity contribution in [2.24, 2.45) is 0 Å². The molecule has 1 aromatic carbocycles. The predicted molar refractivity (Wildman–Crippen MR) is 87.1 cm³/mol. The highest BCUT2D eigenvalue weighted by atomic mass is 32.2. The minimum atomic E-state index is -3.82. The molecule has 2 aromatic rings. The van der Waals surface area contributed by atoms with Crippen molar-refractivity contribution >= 4 is 21.6 Å². The Morgan fingerprint density at radius 3 is 2.54 bits per heavy atom. The SMILES string of the molecule is COc1ccc(NC(=O)c2cccc(S(=O)(=O)N(C)OC)c2)cn1. The number of carbonyl (C=O) groups excluding carboxylic acids is 1. The molecule has 1 N–H and O–H groups in total. The van der Waals surface area contributed by atoms with Gasteiger partial charge in [-0.3, -0.25) is 9.63 Å². The zero-order valence-corrected chi connectivity index (χ0v) is 14.2. The molecule has 0 aliphatic rings. The molecule has 1 aromatic heterocycles. The van der Waals surface area contributed by atoms with Gasteiger partial charge in [0.1, 0.15) is 0 Å². The first-order valence-electron chi connectivity index (χ1n) is 6.83. The third-order valence-corrected chi connectivity index (χ3v) is 4.87. The van der Waals surface area contributed by atoms with Gasteiger partial charge in [0.25, 0.3) is 15.9 Å². The maximum atomic E-state index is 12.3. The van der Waals surface area contributed by atoms with E-state index in [4.69, 9.17) is 9.57 Å². The molecule has 1 amide bonds. The van der Waals surface area contributed by atoms with Crippen molar-refractivity contribution in [1.29, 1.82) is 0 Å². The van der Waals surface area contributed by atoms with Crippen molar-refractivity contribution in [3.05, 3.63) is 48.2 Å². The standard InChI is InChI=1S/C15H17N3O5S/c1-18(23-3)24(20,21)13-6-4-5-11(9-13)15(19)17-12-7-8-14(22-2)16-10-12/h4-10H,1-3H3,(H,17,19). The number of ether oxygens (including phenoxy) is 1. The number of hydrogen-bond donors (Lipinski definition) is 1. The fourth-order valence-electron chi connectivity index (χ4n) is 1.82. The van der Waals surface area contributed by atoms with Crippen LogP contribution in [-0.2, 0) is 14.9 Å². The fraction of sp³-hybridized carbons (Fsp3) is 0.200. The number of methoxy groups -OCH3 is 1. The second-order valence-electron chi connectivity index (χ2n) is 4.67. The molecule has 128 valence electrons. The van der Waals surface area contributed by atoms with Crippen LogP contribution >= 0.6 is 0 Å². The molecule has 2 rings (SSSR count). The molecule has 0 radical (unpaired) electrons. The number of aromatic nitrogens is 1. The molecule has 0 unspecified atom stereocenters. The number of nitrogens with one attached hydrogen (secondary N) is 1. The van der Waals surface area contributed by atoms with Gasteiger partial charge in [-0.05, 0) is 24.3 Å². The Hall–Kier alpha value is -2.49. The first-order chi connectivity index (χ1) is 11.4. The Balaban J connectivity index is 2.22. The van der Waals surface area contributed by atoms with Crippen LogP contribution in [0.1, 0.15) is 10.4 Å². The van der Waals surface area contributed by atoms with Crippen LogP contribution in [0.5, 0.6) is 5.88 Å². The molecule has 0 atom stereocenters. The molecule has 0 aliphatic heterocycles. The summed E-state index contributed by atoms with van der Waals surface area (Å²) >= 11 is 0. The summed E-state index contributed by atoms with van der Waals surface area (Å²) in [5.74, 6) is -0.0391. The molecule has 0 saturated carbocycles. The first-order valence-corrected chi connectivity index (χ1v) is 8.27. The lowest BCUT2D eigenvalue weighted by molar-refractivity contribution is -0.0258. The van der Waals surface area contributed by atoms with E-state index in [0.29, 0.717) is 11.6 Å². The Morgan fingerprint density at radius 2 is 1.96 bits per heavy atom. The van der Waals surface area contributed by atoms with E-state index in [-0.39, 0.29) is 10.5 Å². The summed E-state index contributed by atoms with van der Waals surface area (Å²) < 4.78 is 30.1. The van der Waals surface area contributed by atoms with E-state index in [2.05, 4.69) is 10.3 Å². The van der Waals surface area contributed by atoms with E-state index in [1.807, 2.05) is 0 Å². The van der Waals surface area contributed by atoms with Gasteiger partial charge in [0.2, 0.25) is 5.88 Å². The summed E-state index contributed by atoms with van der Waals surface area (Å²) in [6.07, 6.45) is 1.44. The molecule has 0 spiro atoms. The zero-order chi connectivity index (χ0) is 17.7. The molecule has 0 aliphatic carbocycles. The first kappa shape index (κ1) is 17.9. The quantitative estimate of drug-likeness (QED) is 0.793. The van der Waals surface area contributed by atoms with Gasteiger partial charge >= 0.3 is 0 Å². The van der Waals surface area contributed by atoms with Crippen LogP contribution in [0.3, 0.4) is 0 Å². The number of benzene rings is 1. The molecule has 24 heavy (non-hydrogen) atoms. The largest absolute Gasteiger partial charge is 0.481 e. The Labute approximate surface area is 140 Å². The number of hydroxylamine groups is 1. The van der Waals surface area contributed by atoms with Crippen LogP contribution in [0, 0.1) is 0 Å². The molecule has 1 heterocycles. The maximum absolute atomic E-state index is 12.3. The van der Waals surface area contributed by atoms with E-state index in [1.165, 1.54) is 51.7 Å². The highest BCUT2D eigenvalue weighted by Gasteiger charge is 2.21. The highest BCUT2D eigenvalue weighted by molar-refractivity contribution is 7.89. The average molecular weight is 351 g/mol. The monoisotopic (exact) mass is 351 g/mol. The maximum Gasteiger partial charge on any atom is 0.264 e. The number of anilines is 1. The third kappa shape index (κ3) is 3.88. The van der Waals surface area contributed by atoms with Crippen LogP contribution in [0.2, 0.25) is 0 Å². The number of sulfonamides is 1. The highest BCUT2D eigenvalue weighted by Crippen LogP contribution is 2.17. The lowest BCUT2D eigenvalue weighted by atomic mass is 10.2. The molecule has 0 fully saturated rings. The van der Waals surface area contributed by atoms with Crippen LogP contribution in [0.4, 0.5) is 5.69 Å². The molecular formula is C15H17N3O5S. The van der Waals surface area contributed by atoms with E-state index in [9.17, 15) is 13.2 Å². The van der Waals surface area contributed by atoms with E-state index >= 15 is 0 Å². The van der Waals surface area contributed by atoms with E-state index in [1.54, 1.807) is 12.1 Å². The Bertz CT molecular complexity index is 821. The summed E-state index contributed by atoms with van der Waals surface area (Å²) in [5.41, 5.74) is 0.652. The normalized spacial score (nSPS) is 11.3. The average Bonchev–Trinajstić information content (AvgIpc) is 2.61. The summed E-state index contributed by atoms with van der Waals surface area (Å²) in [7, 11) is 0.175. The Kier molecular flexibility index (Phi) is 5.50. The number of rotatable bonds is 6. The summed E-state index contributed by atoms with van der Waals surface area (Å²) in [6, 6.07) is 8.89. The van der Waals surface area contributed by atoms with Gasteiger partial charge in [0, 0.05) is 18.7 Å². The van der Waals surface area contributed by atoms with Gasteiger partial charge < -0.3 is 10.1 Å². The van der Waals surface area contributed by atoms with Gasteiger partial charge in [-0.1, -0.05) is 10.5 Å². The smallest absolute Gasteiger partial charge is 0.264 e. The number of carbonyl (C=O) groups is 1. The van der Waals surface area contributed by atoms with Crippen LogP contribution in [-0.4, -0.2) is 45.0 Å². The van der Waals surface area contributed by atoms with Crippen LogP contribution in [0.25, 0.3) is 0 Å². The molecular weight excluding hydrogens is 334 g/mol. The second kappa shape index (κ2) is 7.39. The third-order valence-electron chi connectivity index (χ3n) is 3.19. The summed E-state index contributed by atoms with van der Waals surface area (Å²) in [6.45, 7) is 0. The molecule has 9 heteroatoms. The Morgan fingerprint density at radius 1 is 1.21 bits per heavy atom. The topological polar surface area (TPSA) is 97.8 Å². The van der Waals surface area contributed by atoms with Crippen LogP contribution in [0.15, 0.2) is 47.5 Å². The van der Waals surface area contributed by atoms with Crippen molar-refractivity contribution in [2.75, 3.05) is 26.6 Å². The van der Waals surface area contributed by atoms with Gasteiger partial charge in [-0.15, -0.1) is 0 Å². The lowest BCUT2D eigenvalue weighted by Gasteiger charge is -2.14. The fourth-order valence-corrected chi connectivity index (χ4v) is 2.84. The van der Waals surface area contributed by atoms with E-state index in [0.717, 1.165) is 4.47 Å².